The number of nitrogen functional groups attached to an aromatic ring is 1. The Kier molecular flexibility index (Phi) is 4.51. The van der Waals surface area contributed by atoms with Crippen molar-refractivity contribution in [3.8, 4) is 0 Å². The Morgan fingerprint density at radius 2 is 1.70 bits per heavy atom. The summed E-state index contributed by atoms with van der Waals surface area (Å²) in [4.78, 5) is 5.13. The van der Waals surface area contributed by atoms with Gasteiger partial charge >= 0.3 is 0 Å². The van der Waals surface area contributed by atoms with Gasteiger partial charge in [-0.25, -0.2) is 0 Å². The fourth-order valence-electron chi connectivity index (χ4n) is 3.59. The number of anilines is 2. The molecule has 0 spiro atoms. The van der Waals surface area contributed by atoms with Crippen LogP contribution in [0.15, 0.2) is 22.7 Å². The van der Waals surface area contributed by atoms with E-state index < -0.39 is 0 Å². The minimum absolute atomic E-state index is 0.841. The van der Waals surface area contributed by atoms with Gasteiger partial charge in [-0.2, -0.15) is 0 Å². The van der Waals surface area contributed by atoms with Crippen molar-refractivity contribution >= 4 is 27.3 Å². The zero-order valence-corrected chi connectivity index (χ0v) is 13.6. The summed E-state index contributed by atoms with van der Waals surface area (Å²) in [5, 5.41) is 0. The molecule has 0 atom stereocenters. The Morgan fingerprint density at radius 1 is 1.00 bits per heavy atom. The van der Waals surface area contributed by atoms with Crippen molar-refractivity contribution < 1.29 is 0 Å². The smallest absolute Gasteiger partial charge is 0.0601 e. The van der Waals surface area contributed by atoms with Gasteiger partial charge in [0.25, 0.3) is 0 Å². The summed E-state index contributed by atoms with van der Waals surface area (Å²) in [7, 11) is 0. The molecule has 1 heterocycles. The molecular weight excluding hydrogens is 314 g/mol. The van der Waals surface area contributed by atoms with Crippen molar-refractivity contribution in [3.63, 3.8) is 0 Å². The van der Waals surface area contributed by atoms with Crippen LogP contribution in [-0.2, 0) is 0 Å². The van der Waals surface area contributed by atoms with Crippen LogP contribution in [0.2, 0.25) is 0 Å². The standard InChI is InChI=1S/C16H24BrN3/c17-13-6-7-16(15(18)12-13)20-10-8-19(9-11-20)14-4-2-1-3-5-14/h6-7,12,14H,1-5,8-11,18H2. The van der Waals surface area contributed by atoms with Gasteiger partial charge in [-0.15, -0.1) is 0 Å². The molecule has 3 nitrogen and oxygen atoms in total. The summed E-state index contributed by atoms with van der Waals surface area (Å²) in [5.41, 5.74) is 8.22. The van der Waals surface area contributed by atoms with Gasteiger partial charge in [-0.05, 0) is 31.0 Å². The molecule has 1 saturated heterocycles. The molecule has 1 aromatic rings. The number of halogens is 1. The van der Waals surface area contributed by atoms with Crippen LogP contribution >= 0.6 is 15.9 Å². The third-order valence-corrected chi connectivity index (χ3v) is 5.23. The van der Waals surface area contributed by atoms with E-state index in [1.165, 1.54) is 50.9 Å². The number of hydrogen-bond donors (Lipinski definition) is 1. The highest BCUT2D eigenvalue weighted by Gasteiger charge is 2.25. The first-order valence-electron chi connectivity index (χ1n) is 7.78. The van der Waals surface area contributed by atoms with Crippen LogP contribution in [0.3, 0.4) is 0 Å². The van der Waals surface area contributed by atoms with Gasteiger partial charge in [-0.1, -0.05) is 35.2 Å². The fourth-order valence-corrected chi connectivity index (χ4v) is 3.97. The number of rotatable bonds is 2. The van der Waals surface area contributed by atoms with Crippen molar-refractivity contribution in [2.45, 2.75) is 38.1 Å². The second-order valence-corrected chi connectivity index (χ2v) is 6.93. The largest absolute Gasteiger partial charge is 0.397 e. The number of hydrogen-bond acceptors (Lipinski definition) is 3. The Hall–Kier alpha value is -0.740. The van der Waals surface area contributed by atoms with Gasteiger partial charge in [0.15, 0.2) is 0 Å². The van der Waals surface area contributed by atoms with Gasteiger partial charge in [0.2, 0.25) is 0 Å². The topological polar surface area (TPSA) is 32.5 Å². The highest BCUT2D eigenvalue weighted by molar-refractivity contribution is 9.10. The first kappa shape index (κ1) is 14.2. The normalized spacial score (nSPS) is 22.1. The maximum atomic E-state index is 6.14. The van der Waals surface area contributed by atoms with E-state index in [0.29, 0.717) is 0 Å². The Bertz CT molecular complexity index is 449. The second-order valence-electron chi connectivity index (χ2n) is 6.02. The predicted octanol–water partition coefficient (Wildman–Crippen LogP) is 3.49. The van der Waals surface area contributed by atoms with Crippen molar-refractivity contribution in [2.75, 3.05) is 36.8 Å². The number of nitrogens with zero attached hydrogens (tertiary/aromatic N) is 2. The van der Waals surface area contributed by atoms with Gasteiger partial charge < -0.3 is 10.6 Å². The SMILES string of the molecule is Nc1cc(Br)ccc1N1CCN(C2CCCCC2)CC1. The molecule has 0 aromatic heterocycles. The van der Waals surface area contributed by atoms with E-state index in [0.717, 1.165) is 29.3 Å². The predicted molar refractivity (Wildman–Crippen MR) is 89.2 cm³/mol. The van der Waals surface area contributed by atoms with Crippen LogP contribution in [0, 0.1) is 0 Å². The number of nitrogens with two attached hydrogens (primary N) is 1. The molecule has 0 unspecified atom stereocenters. The van der Waals surface area contributed by atoms with E-state index in [-0.39, 0.29) is 0 Å². The lowest BCUT2D eigenvalue weighted by Gasteiger charge is -2.41. The van der Waals surface area contributed by atoms with Gasteiger partial charge in [0.05, 0.1) is 11.4 Å². The average Bonchev–Trinajstić information content (AvgIpc) is 2.48. The molecule has 2 aliphatic rings. The van der Waals surface area contributed by atoms with Gasteiger partial charge in [0.1, 0.15) is 0 Å². The number of piperazine rings is 1. The fraction of sp³-hybridized carbons (Fsp3) is 0.625. The average molecular weight is 338 g/mol. The molecule has 1 aliphatic carbocycles. The van der Waals surface area contributed by atoms with E-state index in [2.05, 4.69) is 37.9 Å². The molecule has 0 bridgehead atoms. The molecule has 2 N–H and O–H groups in total. The third-order valence-electron chi connectivity index (χ3n) is 4.74. The summed E-state index contributed by atoms with van der Waals surface area (Å²) < 4.78 is 1.06. The van der Waals surface area contributed by atoms with Crippen molar-refractivity contribution in [2.24, 2.45) is 0 Å². The zero-order chi connectivity index (χ0) is 13.9. The molecule has 3 rings (SSSR count). The first-order valence-corrected chi connectivity index (χ1v) is 8.57. The molecule has 4 heteroatoms. The zero-order valence-electron chi connectivity index (χ0n) is 12.0. The van der Waals surface area contributed by atoms with E-state index in [1.54, 1.807) is 0 Å². The Balaban J connectivity index is 1.60. The summed E-state index contributed by atoms with van der Waals surface area (Å²) in [6, 6.07) is 7.06. The molecule has 0 radical (unpaired) electrons. The summed E-state index contributed by atoms with van der Waals surface area (Å²) in [5.74, 6) is 0. The Labute approximate surface area is 130 Å². The van der Waals surface area contributed by atoms with E-state index in [9.17, 15) is 0 Å². The van der Waals surface area contributed by atoms with Crippen LogP contribution in [0.1, 0.15) is 32.1 Å². The van der Waals surface area contributed by atoms with Crippen LogP contribution in [-0.4, -0.2) is 37.1 Å². The van der Waals surface area contributed by atoms with Gasteiger partial charge in [0, 0.05) is 36.7 Å². The highest BCUT2D eigenvalue weighted by Crippen LogP contribution is 2.29. The van der Waals surface area contributed by atoms with Crippen LogP contribution < -0.4 is 10.6 Å². The van der Waals surface area contributed by atoms with Crippen molar-refractivity contribution in [3.05, 3.63) is 22.7 Å². The third kappa shape index (κ3) is 3.12. The maximum absolute atomic E-state index is 6.14. The highest BCUT2D eigenvalue weighted by atomic mass is 79.9. The van der Waals surface area contributed by atoms with Crippen LogP contribution in [0.4, 0.5) is 11.4 Å². The van der Waals surface area contributed by atoms with Crippen LogP contribution in [0.25, 0.3) is 0 Å². The van der Waals surface area contributed by atoms with Crippen molar-refractivity contribution in [1.82, 2.24) is 4.90 Å². The summed E-state index contributed by atoms with van der Waals surface area (Å²) in [6.45, 7) is 4.56. The van der Waals surface area contributed by atoms with E-state index in [4.69, 9.17) is 5.73 Å². The molecule has 2 fully saturated rings. The molecular formula is C16H24BrN3. The first-order chi connectivity index (χ1) is 9.74. The lowest BCUT2D eigenvalue weighted by molar-refractivity contribution is 0.148. The summed E-state index contributed by atoms with van der Waals surface area (Å²) >= 11 is 3.48. The minimum Gasteiger partial charge on any atom is -0.397 e. The lowest BCUT2D eigenvalue weighted by Crippen LogP contribution is -2.51. The molecule has 0 amide bonds. The minimum atomic E-state index is 0.841. The molecule has 110 valence electrons. The van der Waals surface area contributed by atoms with E-state index >= 15 is 0 Å². The maximum Gasteiger partial charge on any atom is 0.0601 e. The monoisotopic (exact) mass is 337 g/mol. The Morgan fingerprint density at radius 3 is 2.35 bits per heavy atom. The van der Waals surface area contributed by atoms with Gasteiger partial charge in [-0.3, -0.25) is 4.90 Å². The molecule has 1 aromatic carbocycles. The quantitative estimate of drug-likeness (QED) is 0.838. The lowest BCUT2D eigenvalue weighted by atomic mass is 9.94. The molecule has 1 aliphatic heterocycles. The second kappa shape index (κ2) is 6.35. The van der Waals surface area contributed by atoms with Crippen LogP contribution in [0.5, 0.6) is 0 Å². The molecule has 1 saturated carbocycles. The number of benzene rings is 1. The molecule has 20 heavy (non-hydrogen) atoms. The summed E-state index contributed by atoms with van der Waals surface area (Å²) in [6.07, 6.45) is 7.09. The van der Waals surface area contributed by atoms with Crippen molar-refractivity contribution in [1.29, 1.82) is 0 Å². The van der Waals surface area contributed by atoms with E-state index in [1.807, 2.05) is 6.07 Å².